The summed E-state index contributed by atoms with van der Waals surface area (Å²) in [7, 11) is 1.34. The van der Waals surface area contributed by atoms with Gasteiger partial charge in [-0.3, -0.25) is 4.79 Å². The molecule has 0 N–H and O–H groups in total. The minimum absolute atomic E-state index is 0.346. The summed E-state index contributed by atoms with van der Waals surface area (Å²) in [4.78, 5) is 22.0. The number of hydrogen-bond acceptors (Lipinski definition) is 4. The first-order chi connectivity index (χ1) is 7.84. The number of hydrogen-bond donors (Lipinski definition) is 0. The van der Waals surface area contributed by atoms with Crippen molar-refractivity contribution >= 4 is 11.9 Å². The molecule has 0 radical (unpaired) electrons. The molecule has 0 heterocycles. The predicted octanol–water partition coefficient (Wildman–Crippen LogP) is 2.39. The van der Waals surface area contributed by atoms with Gasteiger partial charge in [0, 0.05) is 12.5 Å². The lowest BCUT2D eigenvalue weighted by Crippen LogP contribution is -2.27. The van der Waals surface area contributed by atoms with Gasteiger partial charge in [-0.25, -0.2) is 4.79 Å². The van der Waals surface area contributed by atoms with Gasteiger partial charge < -0.3 is 9.47 Å². The summed E-state index contributed by atoms with van der Waals surface area (Å²) in [5, 5.41) is 0. The van der Waals surface area contributed by atoms with Crippen LogP contribution in [0.15, 0.2) is 24.3 Å². The second kappa shape index (κ2) is 6.89. The van der Waals surface area contributed by atoms with Crippen molar-refractivity contribution < 1.29 is 19.1 Å². The van der Waals surface area contributed by atoms with E-state index in [0.717, 1.165) is 0 Å². The summed E-state index contributed by atoms with van der Waals surface area (Å²) in [5.41, 5.74) is -0.152. The Morgan fingerprint density at radius 3 is 2.35 bits per heavy atom. The van der Waals surface area contributed by atoms with Gasteiger partial charge in [-0.05, 0) is 32.8 Å². The summed E-state index contributed by atoms with van der Waals surface area (Å²) in [6, 6.07) is 0. The second-order valence-corrected chi connectivity index (χ2v) is 4.03. The third kappa shape index (κ3) is 5.90. The zero-order valence-electron chi connectivity index (χ0n) is 10.9. The molecule has 17 heavy (non-hydrogen) atoms. The molecule has 1 atom stereocenters. The zero-order valence-corrected chi connectivity index (χ0v) is 10.9. The smallest absolute Gasteiger partial charge is 0.333 e. The summed E-state index contributed by atoms with van der Waals surface area (Å²) in [6.45, 7) is 8.47. The van der Waals surface area contributed by atoms with Gasteiger partial charge in [0.15, 0.2) is 0 Å². The van der Waals surface area contributed by atoms with Crippen LogP contribution in [0.25, 0.3) is 0 Å². The molecule has 0 aromatic heterocycles. The van der Waals surface area contributed by atoms with Crippen LogP contribution in [0.5, 0.6) is 0 Å². The fraction of sp³-hybridized carbons (Fsp3) is 0.538. The average molecular weight is 240 g/mol. The molecule has 0 fully saturated rings. The Morgan fingerprint density at radius 2 is 1.94 bits per heavy atom. The molecule has 4 heteroatoms. The third-order valence-corrected chi connectivity index (χ3v) is 2.41. The predicted molar refractivity (Wildman–Crippen MR) is 65.4 cm³/mol. The normalized spacial score (nSPS) is 14.7. The molecule has 0 saturated heterocycles. The molecule has 96 valence electrons. The van der Waals surface area contributed by atoms with E-state index in [4.69, 9.17) is 4.74 Å². The van der Waals surface area contributed by atoms with Crippen LogP contribution in [0.2, 0.25) is 0 Å². The van der Waals surface area contributed by atoms with Crippen LogP contribution >= 0.6 is 0 Å². The van der Waals surface area contributed by atoms with Crippen LogP contribution in [0, 0.1) is 0 Å². The number of methoxy groups -OCH3 is 1. The lowest BCUT2D eigenvalue weighted by atomic mass is 9.99. The van der Waals surface area contributed by atoms with Gasteiger partial charge in [-0.2, -0.15) is 0 Å². The van der Waals surface area contributed by atoms with Crippen molar-refractivity contribution in [2.45, 2.75) is 39.2 Å². The maximum Gasteiger partial charge on any atom is 0.333 e. The van der Waals surface area contributed by atoms with Gasteiger partial charge in [0.1, 0.15) is 5.60 Å². The highest BCUT2D eigenvalue weighted by atomic mass is 16.6. The Labute approximate surface area is 102 Å². The van der Waals surface area contributed by atoms with Crippen molar-refractivity contribution in [1.82, 2.24) is 0 Å². The highest BCUT2D eigenvalue weighted by Crippen LogP contribution is 2.20. The molecule has 1 unspecified atom stereocenters. The molecule has 0 saturated carbocycles. The van der Waals surface area contributed by atoms with E-state index in [1.54, 1.807) is 26.0 Å². The van der Waals surface area contributed by atoms with Crippen molar-refractivity contribution in [2.24, 2.45) is 0 Å². The van der Waals surface area contributed by atoms with Crippen molar-refractivity contribution in [2.75, 3.05) is 7.11 Å². The maximum absolute atomic E-state index is 11.1. The summed E-state index contributed by atoms with van der Waals surface area (Å²) in [6.07, 6.45) is 4.54. The Morgan fingerprint density at radius 1 is 1.35 bits per heavy atom. The Bertz CT molecular complexity index is 330. The first-order valence-corrected chi connectivity index (χ1v) is 5.43. The van der Waals surface area contributed by atoms with Gasteiger partial charge in [-0.1, -0.05) is 12.7 Å². The molecule has 0 aliphatic heterocycles. The first-order valence-electron chi connectivity index (χ1n) is 5.43. The first kappa shape index (κ1) is 15.4. The van der Waals surface area contributed by atoms with Crippen LogP contribution in [0.3, 0.4) is 0 Å². The number of carbonyl (C=O) groups is 2. The van der Waals surface area contributed by atoms with E-state index in [9.17, 15) is 9.59 Å². The largest absolute Gasteiger partial charge is 0.466 e. The second-order valence-electron chi connectivity index (χ2n) is 4.03. The molecule has 0 bridgehead atoms. The molecular formula is C13H20O4. The van der Waals surface area contributed by atoms with Crippen molar-refractivity contribution in [1.29, 1.82) is 0 Å². The van der Waals surface area contributed by atoms with E-state index >= 15 is 0 Å². The monoisotopic (exact) mass is 240 g/mol. The standard InChI is InChI=1S/C13H20O4/c1-6-13(4,17-11(3)14)9-7-8-10(2)12(15)16-5/h6,8H,1,7,9H2,2-5H3/b10-8+. The van der Waals surface area contributed by atoms with Crippen molar-refractivity contribution in [3.8, 4) is 0 Å². The molecule has 4 nitrogen and oxygen atoms in total. The maximum atomic E-state index is 11.1. The Kier molecular flexibility index (Phi) is 6.25. The van der Waals surface area contributed by atoms with E-state index in [-0.39, 0.29) is 11.9 Å². The van der Waals surface area contributed by atoms with E-state index in [1.807, 2.05) is 0 Å². The highest BCUT2D eigenvalue weighted by Gasteiger charge is 2.22. The topological polar surface area (TPSA) is 52.6 Å². The Balaban J connectivity index is 4.38. The molecule has 0 aromatic rings. The van der Waals surface area contributed by atoms with Crippen LogP contribution < -0.4 is 0 Å². The fourth-order valence-corrected chi connectivity index (χ4v) is 1.34. The van der Waals surface area contributed by atoms with Crippen molar-refractivity contribution in [3.05, 3.63) is 24.3 Å². The van der Waals surface area contributed by atoms with Gasteiger partial charge in [0.25, 0.3) is 0 Å². The van der Waals surface area contributed by atoms with E-state index in [1.165, 1.54) is 14.0 Å². The van der Waals surface area contributed by atoms with Crippen LogP contribution in [-0.4, -0.2) is 24.6 Å². The number of esters is 2. The number of allylic oxidation sites excluding steroid dienone is 1. The minimum atomic E-state index is -0.696. The molecule has 0 amide bonds. The SMILES string of the molecule is C=CC(C)(CC/C=C(\C)C(=O)OC)OC(C)=O. The molecular weight excluding hydrogens is 220 g/mol. The van der Waals surface area contributed by atoms with Gasteiger partial charge in [-0.15, -0.1) is 0 Å². The van der Waals surface area contributed by atoms with Gasteiger partial charge >= 0.3 is 11.9 Å². The lowest BCUT2D eigenvalue weighted by Gasteiger charge is -2.24. The van der Waals surface area contributed by atoms with Crippen LogP contribution in [-0.2, 0) is 19.1 Å². The summed E-state index contributed by atoms with van der Waals surface area (Å²) < 4.78 is 9.73. The number of carbonyl (C=O) groups excluding carboxylic acids is 2. The van der Waals surface area contributed by atoms with E-state index in [0.29, 0.717) is 18.4 Å². The van der Waals surface area contributed by atoms with Crippen molar-refractivity contribution in [3.63, 3.8) is 0 Å². The molecule has 0 rings (SSSR count). The van der Waals surface area contributed by atoms with Crippen LogP contribution in [0.1, 0.15) is 33.6 Å². The number of ether oxygens (including phenoxy) is 2. The lowest BCUT2D eigenvalue weighted by molar-refractivity contribution is -0.151. The third-order valence-electron chi connectivity index (χ3n) is 2.41. The van der Waals surface area contributed by atoms with Gasteiger partial charge in [0.05, 0.1) is 7.11 Å². The van der Waals surface area contributed by atoms with Gasteiger partial charge in [0.2, 0.25) is 0 Å². The molecule has 0 aromatic carbocycles. The molecule has 0 aliphatic carbocycles. The Hall–Kier alpha value is -1.58. The van der Waals surface area contributed by atoms with E-state index in [2.05, 4.69) is 11.3 Å². The summed E-state index contributed by atoms with van der Waals surface area (Å²) >= 11 is 0. The average Bonchev–Trinajstić information content (AvgIpc) is 2.26. The number of rotatable bonds is 6. The minimum Gasteiger partial charge on any atom is -0.466 e. The fourth-order valence-electron chi connectivity index (χ4n) is 1.34. The van der Waals surface area contributed by atoms with E-state index < -0.39 is 5.60 Å². The quantitative estimate of drug-likeness (QED) is 0.406. The van der Waals surface area contributed by atoms with Crippen LogP contribution in [0.4, 0.5) is 0 Å². The molecule has 0 spiro atoms. The molecule has 0 aliphatic rings. The highest BCUT2D eigenvalue weighted by molar-refractivity contribution is 5.87. The summed E-state index contributed by atoms with van der Waals surface area (Å²) in [5.74, 6) is -0.695. The zero-order chi connectivity index (χ0) is 13.5.